The number of ether oxygens (including phenoxy) is 2. The Morgan fingerprint density at radius 1 is 1.48 bits per heavy atom. The summed E-state index contributed by atoms with van der Waals surface area (Å²) in [6.45, 7) is 7.77. The van der Waals surface area contributed by atoms with Crippen LogP contribution in [0.2, 0.25) is 0 Å². The molecular formula is C16H27N3O4. The third-order valence-electron chi connectivity index (χ3n) is 3.94. The number of hydrogen-bond acceptors (Lipinski definition) is 6. The highest BCUT2D eigenvalue weighted by molar-refractivity contribution is 5.68. The number of unbranched alkanes of at least 4 members (excludes halogenated alkanes) is 1. The zero-order valence-corrected chi connectivity index (χ0v) is 14.3. The van der Waals surface area contributed by atoms with Crippen molar-refractivity contribution in [3.63, 3.8) is 0 Å². The highest BCUT2D eigenvalue weighted by Crippen LogP contribution is 2.15. The van der Waals surface area contributed by atoms with E-state index in [0.717, 1.165) is 38.2 Å². The van der Waals surface area contributed by atoms with Crippen LogP contribution in [0, 0.1) is 6.92 Å². The fourth-order valence-electron chi connectivity index (χ4n) is 2.74. The number of hydrogen-bond donors (Lipinski definition) is 0. The normalized spacial score (nSPS) is 19.1. The monoisotopic (exact) mass is 325 g/mol. The number of nitrogens with zero attached hydrogens (tertiary/aromatic N) is 3. The van der Waals surface area contributed by atoms with Gasteiger partial charge in [-0.25, -0.2) is 9.78 Å². The first-order valence-electron chi connectivity index (χ1n) is 8.19. The van der Waals surface area contributed by atoms with Crippen molar-refractivity contribution in [2.24, 2.45) is 0 Å². The number of aryl methyl sites for hydroxylation is 1. The maximum absolute atomic E-state index is 12.2. The van der Waals surface area contributed by atoms with Crippen LogP contribution in [0.25, 0.3) is 0 Å². The summed E-state index contributed by atoms with van der Waals surface area (Å²) in [4.78, 5) is 20.6. The summed E-state index contributed by atoms with van der Waals surface area (Å²) in [5.41, 5.74) is 0.914. The average Bonchev–Trinajstić information content (AvgIpc) is 2.93. The van der Waals surface area contributed by atoms with Gasteiger partial charge in [0.25, 0.3) is 0 Å². The van der Waals surface area contributed by atoms with E-state index in [4.69, 9.17) is 13.9 Å². The van der Waals surface area contributed by atoms with Crippen LogP contribution < -0.4 is 0 Å². The minimum atomic E-state index is -0.238. The summed E-state index contributed by atoms with van der Waals surface area (Å²) >= 11 is 0. The third kappa shape index (κ3) is 5.21. The molecule has 1 fully saturated rings. The molecule has 7 nitrogen and oxygen atoms in total. The molecule has 7 heteroatoms. The van der Waals surface area contributed by atoms with E-state index in [1.165, 1.54) is 0 Å². The Kier molecular flexibility index (Phi) is 6.85. The van der Waals surface area contributed by atoms with Crippen molar-refractivity contribution in [2.75, 3.05) is 40.0 Å². The van der Waals surface area contributed by atoms with E-state index in [0.29, 0.717) is 25.6 Å². The van der Waals surface area contributed by atoms with E-state index in [1.807, 2.05) is 6.92 Å². The van der Waals surface area contributed by atoms with Crippen LogP contribution in [0.5, 0.6) is 0 Å². The van der Waals surface area contributed by atoms with Crippen molar-refractivity contribution in [1.29, 1.82) is 0 Å². The van der Waals surface area contributed by atoms with Gasteiger partial charge in [-0.15, -0.1) is 0 Å². The molecule has 0 bridgehead atoms. The van der Waals surface area contributed by atoms with Crippen molar-refractivity contribution in [3.8, 4) is 0 Å². The molecule has 130 valence electrons. The molecule has 23 heavy (non-hydrogen) atoms. The topological polar surface area (TPSA) is 68.0 Å². The van der Waals surface area contributed by atoms with Crippen LogP contribution in [0.4, 0.5) is 4.79 Å². The molecule has 2 rings (SSSR count). The van der Waals surface area contributed by atoms with E-state index in [9.17, 15) is 4.79 Å². The molecule has 1 saturated heterocycles. The fraction of sp³-hybridized carbons (Fsp3) is 0.750. The second-order valence-corrected chi connectivity index (χ2v) is 5.86. The molecule has 0 aromatic carbocycles. The maximum atomic E-state index is 12.2. The molecule has 1 aliphatic heterocycles. The van der Waals surface area contributed by atoms with Crippen LogP contribution >= 0.6 is 0 Å². The summed E-state index contributed by atoms with van der Waals surface area (Å²) in [5.74, 6) is 0.673. The molecular weight excluding hydrogens is 298 g/mol. The summed E-state index contributed by atoms with van der Waals surface area (Å²) in [5, 5.41) is 0. The molecule has 0 radical (unpaired) electrons. The first-order chi connectivity index (χ1) is 11.1. The van der Waals surface area contributed by atoms with E-state index in [2.05, 4.69) is 16.8 Å². The zero-order chi connectivity index (χ0) is 16.7. The van der Waals surface area contributed by atoms with Gasteiger partial charge in [-0.05, 0) is 6.42 Å². The number of aromatic nitrogens is 1. The minimum Gasteiger partial charge on any atom is -0.449 e. The lowest BCUT2D eigenvalue weighted by molar-refractivity contribution is 0.0137. The van der Waals surface area contributed by atoms with Gasteiger partial charge in [0.2, 0.25) is 0 Å². The Balaban J connectivity index is 1.90. The fourth-order valence-corrected chi connectivity index (χ4v) is 2.74. The van der Waals surface area contributed by atoms with Gasteiger partial charge < -0.3 is 18.8 Å². The lowest BCUT2D eigenvalue weighted by Gasteiger charge is -2.40. The van der Waals surface area contributed by atoms with E-state index < -0.39 is 0 Å². The molecule has 2 heterocycles. The van der Waals surface area contributed by atoms with Crippen molar-refractivity contribution in [2.45, 2.75) is 39.3 Å². The van der Waals surface area contributed by atoms with Gasteiger partial charge in [0.1, 0.15) is 6.26 Å². The Morgan fingerprint density at radius 2 is 2.30 bits per heavy atom. The van der Waals surface area contributed by atoms with Crippen molar-refractivity contribution >= 4 is 6.09 Å². The van der Waals surface area contributed by atoms with Crippen LogP contribution in [0.15, 0.2) is 10.7 Å². The molecule has 1 aliphatic rings. The number of carbonyl (C=O) groups is 1. The predicted molar refractivity (Wildman–Crippen MR) is 85.1 cm³/mol. The van der Waals surface area contributed by atoms with E-state index >= 15 is 0 Å². The standard InChI is InChI=1S/C16H27N3O4/c1-4-5-8-22-16(20)19-7-6-18(10-15(19)12-21-3)9-14-11-23-13(2)17-14/h11,15H,4-10,12H2,1-3H3. The van der Waals surface area contributed by atoms with E-state index in [1.54, 1.807) is 18.3 Å². The zero-order valence-electron chi connectivity index (χ0n) is 14.3. The van der Waals surface area contributed by atoms with Gasteiger partial charge in [-0.1, -0.05) is 13.3 Å². The highest BCUT2D eigenvalue weighted by atomic mass is 16.6. The largest absolute Gasteiger partial charge is 0.449 e. The van der Waals surface area contributed by atoms with Gasteiger partial charge in [0.15, 0.2) is 5.89 Å². The lowest BCUT2D eigenvalue weighted by atomic mass is 10.2. The van der Waals surface area contributed by atoms with Gasteiger partial charge in [0, 0.05) is 40.2 Å². The Labute approximate surface area is 137 Å². The van der Waals surface area contributed by atoms with Gasteiger partial charge >= 0.3 is 6.09 Å². The summed E-state index contributed by atoms with van der Waals surface area (Å²) < 4.78 is 15.9. The first kappa shape index (κ1) is 17.7. The molecule has 1 atom stereocenters. The number of methoxy groups -OCH3 is 1. The molecule has 0 saturated carbocycles. The minimum absolute atomic E-state index is 0.00382. The molecule has 1 unspecified atom stereocenters. The number of carbonyl (C=O) groups excluding carboxylic acids is 1. The summed E-state index contributed by atoms with van der Waals surface area (Å²) in [6, 6.07) is -0.00382. The lowest BCUT2D eigenvalue weighted by Crippen LogP contribution is -2.56. The van der Waals surface area contributed by atoms with Crippen LogP contribution in [-0.4, -0.2) is 66.9 Å². The SMILES string of the molecule is CCCCOC(=O)N1CCN(Cc2coc(C)n2)CC1COC. The van der Waals surface area contributed by atoms with Crippen molar-refractivity contribution in [3.05, 3.63) is 17.8 Å². The molecule has 0 spiro atoms. The first-order valence-corrected chi connectivity index (χ1v) is 8.19. The Morgan fingerprint density at radius 3 is 2.96 bits per heavy atom. The second kappa shape index (κ2) is 8.88. The summed E-state index contributed by atoms with van der Waals surface area (Å²) in [7, 11) is 1.65. The smallest absolute Gasteiger partial charge is 0.410 e. The van der Waals surface area contributed by atoms with Gasteiger partial charge in [-0.3, -0.25) is 4.90 Å². The Bertz CT molecular complexity index is 491. The maximum Gasteiger partial charge on any atom is 0.410 e. The van der Waals surface area contributed by atoms with Gasteiger partial charge in [-0.2, -0.15) is 0 Å². The third-order valence-corrected chi connectivity index (χ3v) is 3.94. The number of oxazole rings is 1. The van der Waals surface area contributed by atoms with Gasteiger partial charge in [0.05, 0.1) is 24.9 Å². The molecule has 0 aliphatic carbocycles. The molecule has 1 aromatic heterocycles. The molecule has 1 amide bonds. The predicted octanol–water partition coefficient (Wildman–Crippen LogP) is 2.05. The van der Waals surface area contributed by atoms with Crippen molar-refractivity contribution < 1.29 is 18.7 Å². The quantitative estimate of drug-likeness (QED) is 0.715. The Hall–Kier alpha value is -1.60. The highest BCUT2D eigenvalue weighted by Gasteiger charge is 2.31. The second-order valence-electron chi connectivity index (χ2n) is 5.86. The number of amides is 1. The number of rotatable bonds is 7. The van der Waals surface area contributed by atoms with Crippen LogP contribution in [0.1, 0.15) is 31.4 Å². The number of piperazine rings is 1. The average molecular weight is 325 g/mol. The molecule has 1 aromatic rings. The van der Waals surface area contributed by atoms with Crippen LogP contribution in [-0.2, 0) is 16.0 Å². The molecule has 0 N–H and O–H groups in total. The van der Waals surface area contributed by atoms with Crippen molar-refractivity contribution in [1.82, 2.24) is 14.8 Å². The summed E-state index contributed by atoms with van der Waals surface area (Å²) in [6.07, 6.45) is 3.36. The van der Waals surface area contributed by atoms with E-state index in [-0.39, 0.29) is 12.1 Å². The van der Waals surface area contributed by atoms with Crippen LogP contribution in [0.3, 0.4) is 0 Å².